The van der Waals surface area contributed by atoms with E-state index in [1.807, 2.05) is 13.8 Å². The van der Waals surface area contributed by atoms with E-state index in [1.165, 1.54) is 31.4 Å². The number of rotatable bonds is 7. The number of benzene rings is 3. The first-order valence-electron chi connectivity index (χ1n) is 11.1. The monoisotopic (exact) mass is 528 g/mol. The third-order valence-electron chi connectivity index (χ3n) is 5.50. The second kappa shape index (κ2) is 10.8. The van der Waals surface area contributed by atoms with Crippen LogP contribution in [0.3, 0.4) is 0 Å². The fourth-order valence-electron chi connectivity index (χ4n) is 3.80. The molecule has 0 saturated heterocycles. The Balaban J connectivity index is 2.13. The average Bonchev–Trinajstić information content (AvgIpc) is 2.80. The maximum Gasteiger partial charge on any atom is 0.416 e. The van der Waals surface area contributed by atoms with Gasteiger partial charge in [0.15, 0.2) is 0 Å². The molecule has 3 nitrogen and oxygen atoms in total. The van der Waals surface area contributed by atoms with Gasteiger partial charge in [0.25, 0.3) is 0 Å². The van der Waals surface area contributed by atoms with Crippen molar-refractivity contribution in [2.45, 2.75) is 38.5 Å². The first-order valence-corrected chi connectivity index (χ1v) is 11.1. The number of carbonyl (C=O) groups excluding carboxylic acids is 1. The second-order valence-corrected chi connectivity index (χ2v) is 8.85. The number of hydrogen-bond donors (Lipinski definition) is 0. The second-order valence-electron chi connectivity index (χ2n) is 8.85. The highest BCUT2D eigenvalue weighted by Crippen LogP contribution is 2.38. The van der Waals surface area contributed by atoms with E-state index in [9.17, 15) is 35.5 Å². The first-order chi connectivity index (χ1) is 17.2. The van der Waals surface area contributed by atoms with E-state index < -0.39 is 46.9 Å². The van der Waals surface area contributed by atoms with E-state index in [1.54, 1.807) is 6.07 Å². The molecule has 0 spiro atoms. The molecule has 0 radical (unpaired) electrons. The SMILES string of the molecule is COC(=O)C(CC(C)C)c1cc(Oc2cc(F)cc(C(F)(F)F)c2)cc(-c2ccc(C(F)(F)F)cc2)c1. The fourth-order valence-corrected chi connectivity index (χ4v) is 3.80. The van der Waals surface area contributed by atoms with Crippen molar-refractivity contribution >= 4 is 5.97 Å². The summed E-state index contributed by atoms with van der Waals surface area (Å²) in [4.78, 5) is 12.6. The lowest BCUT2D eigenvalue weighted by Gasteiger charge is -2.20. The highest BCUT2D eigenvalue weighted by atomic mass is 19.4. The number of methoxy groups -OCH3 is 1. The third kappa shape index (κ3) is 7.24. The molecule has 1 unspecified atom stereocenters. The Morgan fingerprint density at radius 1 is 0.784 bits per heavy atom. The van der Waals surface area contributed by atoms with E-state index in [0.29, 0.717) is 35.2 Å². The van der Waals surface area contributed by atoms with Crippen LogP contribution in [0.1, 0.15) is 42.9 Å². The molecule has 0 saturated carbocycles. The molecular formula is C27H23F7O3. The first kappa shape index (κ1) is 28.0. The van der Waals surface area contributed by atoms with Crippen molar-refractivity contribution < 1.29 is 45.0 Å². The van der Waals surface area contributed by atoms with Gasteiger partial charge in [0.2, 0.25) is 0 Å². The fraction of sp³-hybridized carbons (Fsp3) is 0.296. The van der Waals surface area contributed by atoms with Gasteiger partial charge in [0.1, 0.15) is 17.3 Å². The van der Waals surface area contributed by atoms with Crippen LogP contribution in [0.5, 0.6) is 11.5 Å². The molecule has 0 fully saturated rings. The molecule has 0 bridgehead atoms. The van der Waals surface area contributed by atoms with Crippen LogP contribution in [-0.2, 0) is 21.9 Å². The Labute approximate surface area is 208 Å². The molecule has 0 N–H and O–H groups in total. The van der Waals surface area contributed by atoms with E-state index in [-0.39, 0.29) is 11.7 Å². The molecule has 0 amide bonds. The van der Waals surface area contributed by atoms with Crippen molar-refractivity contribution in [2.75, 3.05) is 7.11 Å². The summed E-state index contributed by atoms with van der Waals surface area (Å²) >= 11 is 0. The zero-order valence-electron chi connectivity index (χ0n) is 20.0. The highest BCUT2D eigenvalue weighted by Gasteiger charge is 2.32. The molecule has 0 aliphatic carbocycles. The normalized spacial score (nSPS) is 12.9. The molecule has 0 heterocycles. The summed E-state index contributed by atoms with van der Waals surface area (Å²) in [6.07, 6.45) is -9.02. The molecule has 10 heteroatoms. The van der Waals surface area contributed by atoms with Crippen molar-refractivity contribution in [2.24, 2.45) is 5.92 Å². The van der Waals surface area contributed by atoms with Gasteiger partial charge < -0.3 is 9.47 Å². The number of hydrogen-bond acceptors (Lipinski definition) is 3. The van der Waals surface area contributed by atoms with E-state index in [4.69, 9.17) is 9.47 Å². The van der Waals surface area contributed by atoms with Gasteiger partial charge in [0, 0.05) is 6.07 Å². The van der Waals surface area contributed by atoms with Crippen LogP contribution in [0, 0.1) is 11.7 Å². The zero-order chi connectivity index (χ0) is 27.5. The van der Waals surface area contributed by atoms with Gasteiger partial charge in [-0.05, 0) is 65.4 Å². The van der Waals surface area contributed by atoms with Crippen molar-refractivity contribution in [1.82, 2.24) is 0 Å². The minimum atomic E-state index is -4.82. The summed E-state index contributed by atoms with van der Waals surface area (Å²) in [5, 5.41) is 0. The number of ether oxygens (including phenoxy) is 2. The Bertz CT molecular complexity index is 1250. The predicted molar refractivity (Wildman–Crippen MR) is 123 cm³/mol. The number of carbonyl (C=O) groups is 1. The molecule has 37 heavy (non-hydrogen) atoms. The summed E-state index contributed by atoms with van der Waals surface area (Å²) < 4.78 is 103. The Kier molecular flexibility index (Phi) is 8.19. The molecule has 0 aliphatic heterocycles. The lowest BCUT2D eigenvalue weighted by atomic mass is 9.88. The van der Waals surface area contributed by atoms with Crippen LogP contribution < -0.4 is 4.74 Å². The maximum absolute atomic E-state index is 13.9. The van der Waals surface area contributed by atoms with Crippen LogP contribution >= 0.6 is 0 Å². The van der Waals surface area contributed by atoms with Crippen LogP contribution in [0.4, 0.5) is 30.7 Å². The Morgan fingerprint density at radius 2 is 1.38 bits per heavy atom. The van der Waals surface area contributed by atoms with Crippen LogP contribution in [0.2, 0.25) is 0 Å². The number of esters is 1. The molecule has 3 rings (SSSR count). The lowest BCUT2D eigenvalue weighted by molar-refractivity contribution is -0.143. The number of halogens is 7. The van der Waals surface area contributed by atoms with Crippen molar-refractivity contribution in [3.63, 3.8) is 0 Å². The molecule has 0 aliphatic rings. The smallest absolute Gasteiger partial charge is 0.416 e. The Hall–Kier alpha value is -3.56. The van der Waals surface area contributed by atoms with E-state index >= 15 is 0 Å². The quantitative estimate of drug-likeness (QED) is 0.228. The molecule has 0 aromatic heterocycles. The lowest BCUT2D eigenvalue weighted by Crippen LogP contribution is -2.16. The van der Waals surface area contributed by atoms with Gasteiger partial charge in [-0.1, -0.05) is 32.0 Å². The molecule has 3 aromatic rings. The highest BCUT2D eigenvalue weighted by molar-refractivity contribution is 5.79. The molecule has 1 atom stereocenters. The minimum Gasteiger partial charge on any atom is -0.469 e. The maximum atomic E-state index is 13.9. The standard InChI is InChI=1S/C27H23F7O3/c1-15(2)8-24(25(35)36-3)18-9-17(16-4-6-19(7-5-16)26(29,30)31)10-22(11-18)37-23-13-20(27(32,33)34)12-21(28)14-23/h4-7,9-15,24H,8H2,1-3H3. The van der Waals surface area contributed by atoms with Crippen molar-refractivity contribution in [1.29, 1.82) is 0 Å². The van der Waals surface area contributed by atoms with Crippen LogP contribution in [0.25, 0.3) is 11.1 Å². The number of alkyl halides is 6. The average molecular weight is 528 g/mol. The van der Waals surface area contributed by atoms with Gasteiger partial charge in [-0.25, -0.2) is 4.39 Å². The van der Waals surface area contributed by atoms with Crippen molar-refractivity contribution in [3.05, 3.63) is 83.2 Å². The largest absolute Gasteiger partial charge is 0.469 e. The van der Waals surface area contributed by atoms with Crippen molar-refractivity contribution in [3.8, 4) is 22.6 Å². The molecular weight excluding hydrogens is 505 g/mol. The van der Waals surface area contributed by atoms with Gasteiger partial charge in [0.05, 0.1) is 24.2 Å². The third-order valence-corrected chi connectivity index (χ3v) is 5.50. The van der Waals surface area contributed by atoms with Gasteiger partial charge in [-0.3, -0.25) is 4.79 Å². The van der Waals surface area contributed by atoms with Crippen LogP contribution in [-0.4, -0.2) is 13.1 Å². The summed E-state index contributed by atoms with van der Waals surface area (Å²) in [7, 11) is 1.21. The summed E-state index contributed by atoms with van der Waals surface area (Å²) in [5.41, 5.74) is -1.07. The minimum absolute atomic E-state index is 0.0382. The van der Waals surface area contributed by atoms with Gasteiger partial charge >= 0.3 is 18.3 Å². The topological polar surface area (TPSA) is 35.5 Å². The Morgan fingerprint density at radius 3 is 1.92 bits per heavy atom. The summed E-state index contributed by atoms with van der Waals surface area (Å²) in [6, 6.07) is 10.3. The summed E-state index contributed by atoms with van der Waals surface area (Å²) in [6.45, 7) is 3.75. The van der Waals surface area contributed by atoms with E-state index in [2.05, 4.69) is 0 Å². The van der Waals surface area contributed by atoms with E-state index in [0.717, 1.165) is 18.2 Å². The molecule has 198 valence electrons. The van der Waals surface area contributed by atoms with Gasteiger partial charge in [-0.2, -0.15) is 26.3 Å². The van der Waals surface area contributed by atoms with Crippen LogP contribution in [0.15, 0.2) is 60.7 Å². The molecule has 3 aromatic carbocycles. The predicted octanol–water partition coefficient (Wildman–Crippen LogP) is 8.63. The van der Waals surface area contributed by atoms with Gasteiger partial charge in [-0.15, -0.1) is 0 Å². The summed E-state index contributed by atoms with van der Waals surface area (Å²) in [5.74, 6) is -2.98. The zero-order valence-corrected chi connectivity index (χ0v) is 20.0.